The third kappa shape index (κ3) is 2.74. The number of halogens is 1. The summed E-state index contributed by atoms with van der Waals surface area (Å²) in [6, 6.07) is 8.32. The van der Waals surface area contributed by atoms with Gasteiger partial charge in [0.25, 0.3) is 0 Å². The zero-order valence-corrected chi connectivity index (χ0v) is 12.5. The minimum Gasteiger partial charge on any atom is -0.300 e. The summed E-state index contributed by atoms with van der Waals surface area (Å²) in [6.45, 7) is 3.96. The van der Waals surface area contributed by atoms with Crippen molar-refractivity contribution in [3.8, 4) is 11.1 Å². The fourth-order valence-corrected chi connectivity index (χ4v) is 2.32. The number of hydrogen-bond donors (Lipinski definition) is 0. The number of rotatable bonds is 4. The molecule has 0 radical (unpaired) electrons. The largest absolute Gasteiger partial charge is 0.300 e. The Hall–Kier alpha value is -2.56. The van der Waals surface area contributed by atoms with Crippen molar-refractivity contribution >= 4 is 16.8 Å². The summed E-state index contributed by atoms with van der Waals surface area (Å²) >= 11 is 0. The van der Waals surface area contributed by atoms with E-state index in [9.17, 15) is 9.18 Å². The molecule has 0 aliphatic heterocycles. The van der Waals surface area contributed by atoms with E-state index in [4.69, 9.17) is 0 Å². The summed E-state index contributed by atoms with van der Waals surface area (Å²) in [4.78, 5) is 15.8. The number of Topliss-reactive ketones (excluding diaryl/α,β-unsaturated/α-hetero) is 1. The summed E-state index contributed by atoms with van der Waals surface area (Å²) < 4.78 is 15.1. The smallest absolute Gasteiger partial charge is 0.134 e. The third-order valence-electron chi connectivity index (χ3n) is 3.79. The first-order valence-electron chi connectivity index (χ1n) is 7.12. The van der Waals surface area contributed by atoms with Gasteiger partial charge in [0, 0.05) is 17.7 Å². The predicted molar refractivity (Wildman–Crippen MR) is 82.8 cm³/mol. The lowest BCUT2D eigenvalue weighted by atomic mass is 10.1. The maximum absolute atomic E-state index is 13.4. The number of ketones is 1. The van der Waals surface area contributed by atoms with E-state index in [-0.39, 0.29) is 17.5 Å². The molecule has 3 aromatic rings. The van der Waals surface area contributed by atoms with E-state index < -0.39 is 0 Å². The van der Waals surface area contributed by atoms with Gasteiger partial charge in [0.15, 0.2) is 0 Å². The van der Waals surface area contributed by atoms with Crippen LogP contribution in [0.15, 0.2) is 42.7 Å². The molecule has 0 aliphatic rings. The first-order valence-corrected chi connectivity index (χ1v) is 7.12. The molecule has 4 nitrogen and oxygen atoms in total. The second-order valence-electron chi connectivity index (χ2n) is 5.48. The van der Waals surface area contributed by atoms with Crippen LogP contribution in [-0.4, -0.2) is 20.5 Å². The van der Waals surface area contributed by atoms with Crippen LogP contribution in [0.25, 0.3) is 22.2 Å². The van der Waals surface area contributed by atoms with Crippen LogP contribution in [0.2, 0.25) is 0 Å². The van der Waals surface area contributed by atoms with E-state index in [2.05, 4.69) is 10.1 Å². The Labute approximate surface area is 127 Å². The van der Waals surface area contributed by atoms with Crippen LogP contribution in [0.5, 0.6) is 0 Å². The average Bonchev–Trinajstić information content (AvgIpc) is 2.89. The number of carbonyl (C=O) groups excluding carboxylic acids is 1. The number of benzene rings is 1. The highest BCUT2D eigenvalue weighted by Gasteiger charge is 2.12. The Balaban J connectivity index is 2.03. The molecule has 5 heteroatoms. The van der Waals surface area contributed by atoms with Crippen LogP contribution in [0.4, 0.5) is 4.39 Å². The highest BCUT2D eigenvalue weighted by molar-refractivity contribution is 5.81. The molecule has 0 spiro atoms. The Morgan fingerprint density at radius 1 is 1.27 bits per heavy atom. The number of nitrogens with zero attached hydrogens (tertiary/aromatic N) is 3. The highest BCUT2D eigenvalue weighted by Crippen LogP contribution is 2.23. The topological polar surface area (TPSA) is 47.8 Å². The van der Waals surface area contributed by atoms with Crippen LogP contribution < -0.4 is 0 Å². The molecule has 2 aromatic heterocycles. The summed E-state index contributed by atoms with van der Waals surface area (Å²) in [5, 5.41) is 4.30. The highest BCUT2D eigenvalue weighted by atomic mass is 19.1. The van der Waals surface area contributed by atoms with Crippen molar-refractivity contribution in [1.29, 1.82) is 0 Å². The number of fused-ring (bicyclic) bond motifs is 1. The quantitative estimate of drug-likeness (QED) is 0.741. The van der Waals surface area contributed by atoms with Crippen molar-refractivity contribution in [3.63, 3.8) is 0 Å². The summed E-state index contributed by atoms with van der Waals surface area (Å²) in [6.07, 6.45) is 3.38. The molecule has 0 N–H and O–H groups in total. The van der Waals surface area contributed by atoms with Crippen molar-refractivity contribution in [2.45, 2.75) is 20.4 Å². The van der Waals surface area contributed by atoms with E-state index in [0.717, 1.165) is 22.2 Å². The van der Waals surface area contributed by atoms with E-state index in [1.54, 1.807) is 30.1 Å². The molecule has 2 heterocycles. The zero-order valence-electron chi connectivity index (χ0n) is 12.5. The normalized spacial score (nSPS) is 12.5. The summed E-state index contributed by atoms with van der Waals surface area (Å²) in [5.41, 5.74) is 3.19. The Morgan fingerprint density at radius 3 is 2.82 bits per heavy atom. The molecule has 0 saturated heterocycles. The molecule has 3 rings (SSSR count). The van der Waals surface area contributed by atoms with Crippen LogP contribution in [-0.2, 0) is 11.3 Å². The van der Waals surface area contributed by atoms with E-state index in [0.29, 0.717) is 6.54 Å². The lowest BCUT2D eigenvalue weighted by Gasteiger charge is -2.09. The van der Waals surface area contributed by atoms with Gasteiger partial charge < -0.3 is 0 Å². The van der Waals surface area contributed by atoms with E-state index in [1.807, 2.05) is 19.1 Å². The summed E-state index contributed by atoms with van der Waals surface area (Å²) in [5.74, 6) is -0.268. The van der Waals surface area contributed by atoms with Gasteiger partial charge in [0.1, 0.15) is 17.1 Å². The molecule has 22 heavy (non-hydrogen) atoms. The molecule has 0 amide bonds. The molecule has 1 aromatic carbocycles. The number of hydrogen-bond acceptors (Lipinski definition) is 3. The molecule has 0 bridgehead atoms. The van der Waals surface area contributed by atoms with E-state index >= 15 is 0 Å². The second-order valence-corrected chi connectivity index (χ2v) is 5.48. The Kier molecular flexibility index (Phi) is 3.71. The van der Waals surface area contributed by atoms with Gasteiger partial charge in [0.2, 0.25) is 0 Å². The Morgan fingerprint density at radius 2 is 2.09 bits per heavy atom. The summed E-state index contributed by atoms with van der Waals surface area (Å²) in [7, 11) is 0. The first kappa shape index (κ1) is 14.4. The second kappa shape index (κ2) is 5.67. The Bertz CT molecular complexity index is 841. The minimum atomic E-state index is -0.281. The van der Waals surface area contributed by atoms with Crippen LogP contribution >= 0.6 is 0 Å². The average molecular weight is 297 g/mol. The molecular formula is C17H16FN3O. The van der Waals surface area contributed by atoms with Crippen molar-refractivity contribution in [2.75, 3.05) is 0 Å². The zero-order chi connectivity index (χ0) is 15.7. The molecule has 112 valence electrons. The number of carbonyl (C=O) groups is 1. The van der Waals surface area contributed by atoms with Gasteiger partial charge in [-0.1, -0.05) is 19.1 Å². The minimum absolute atomic E-state index is 0.110. The molecule has 0 aliphatic carbocycles. The van der Waals surface area contributed by atoms with Gasteiger partial charge >= 0.3 is 0 Å². The van der Waals surface area contributed by atoms with E-state index in [1.165, 1.54) is 12.1 Å². The van der Waals surface area contributed by atoms with Gasteiger partial charge in [-0.2, -0.15) is 5.10 Å². The van der Waals surface area contributed by atoms with Gasteiger partial charge in [-0.15, -0.1) is 0 Å². The number of aromatic nitrogens is 3. The lowest BCUT2D eigenvalue weighted by molar-refractivity contribution is -0.120. The fourth-order valence-electron chi connectivity index (χ4n) is 2.32. The lowest BCUT2D eigenvalue weighted by Crippen LogP contribution is -2.15. The predicted octanol–water partition coefficient (Wildman–Crippen LogP) is 3.46. The van der Waals surface area contributed by atoms with Crippen molar-refractivity contribution in [2.24, 2.45) is 5.92 Å². The van der Waals surface area contributed by atoms with Crippen molar-refractivity contribution in [1.82, 2.24) is 14.8 Å². The maximum atomic E-state index is 13.4. The van der Waals surface area contributed by atoms with Gasteiger partial charge in [-0.05, 0) is 30.7 Å². The third-order valence-corrected chi connectivity index (χ3v) is 3.79. The van der Waals surface area contributed by atoms with Crippen molar-refractivity contribution in [3.05, 3.63) is 48.5 Å². The molecule has 0 saturated carbocycles. The molecular weight excluding hydrogens is 281 g/mol. The monoisotopic (exact) mass is 297 g/mol. The number of pyridine rings is 1. The van der Waals surface area contributed by atoms with Crippen LogP contribution in [0, 0.1) is 11.7 Å². The van der Waals surface area contributed by atoms with Crippen LogP contribution in [0.3, 0.4) is 0 Å². The standard InChI is InChI=1S/C17H16FN3O/c1-11(12(2)22)10-21-17-7-14(8-19-16(17)9-20-21)13-4-3-5-15(18)6-13/h3-9,11H,10H2,1-2H3/t11-/m0/s1. The molecule has 0 fully saturated rings. The van der Waals surface area contributed by atoms with Gasteiger partial charge in [-0.3, -0.25) is 14.5 Å². The van der Waals surface area contributed by atoms with Gasteiger partial charge in [0.05, 0.1) is 18.3 Å². The SMILES string of the molecule is CC(=O)[C@@H](C)Cn1ncc2ncc(-c3cccc(F)c3)cc21. The van der Waals surface area contributed by atoms with Gasteiger partial charge in [-0.25, -0.2) is 4.39 Å². The first-order chi connectivity index (χ1) is 10.5. The van der Waals surface area contributed by atoms with Crippen molar-refractivity contribution < 1.29 is 9.18 Å². The van der Waals surface area contributed by atoms with Crippen LogP contribution in [0.1, 0.15) is 13.8 Å². The fraction of sp³-hybridized carbons (Fsp3) is 0.235. The molecule has 1 atom stereocenters. The maximum Gasteiger partial charge on any atom is 0.134 e. The molecule has 0 unspecified atom stereocenters.